The number of carbonyl (C=O) groups excluding carboxylic acids is 2. The van der Waals surface area contributed by atoms with Gasteiger partial charge in [0.1, 0.15) is 18.2 Å². The Labute approximate surface area is 234 Å². The van der Waals surface area contributed by atoms with E-state index in [1.807, 2.05) is 0 Å². The van der Waals surface area contributed by atoms with E-state index in [0.29, 0.717) is 16.8 Å². The van der Waals surface area contributed by atoms with Crippen LogP contribution in [0.25, 0.3) is 10.9 Å². The lowest BCUT2D eigenvalue weighted by Crippen LogP contribution is -2.41. The second-order valence-corrected chi connectivity index (χ2v) is 9.80. The average molecular weight is 619 g/mol. The van der Waals surface area contributed by atoms with Crippen LogP contribution in [-0.4, -0.2) is 32.9 Å². The van der Waals surface area contributed by atoms with E-state index in [2.05, 4.69) is 15.7 Å². The van der Waals surface area contributed by atoms with Gasteiger partial charge in [0.2, 0.25) is 0 Å². The SMILES string of the molecule is Cc1nn(CC(F)(F)F)c2cc(NC(=O)c3cc(F)cc(C(F)(F)F)c3)c3c(c12)C(=O)NC3(O)c1cc(F)ccc1Cl. The number of rotatable bonds is 4. The number of amides is 2. The number of aliphatic hydroxyl groups is 1. The van der Waals surface area contributed by atoms with Gasteiger partial charge in [0.05, 0.1) is 28.0 Å². The highest BCUT2D eigenvalue weighted by Crippen LogP contribution is 2.46. The van der Waals surface area contributed by atoms with Crippen molar-refractivity contribution in [2.75, 3.05) is 5.32 Å². The Morgan fingerprint density at radius 1 is 1.07 bits per heavy atom. The fourth-order valence-electron chi connectivity index (χ4n) is 4.86. The molecule has 7 nitrogen and oxygen atoms in total. The fourth-order valence-corrected chi connectivity index (χ4v) is 5.11. The molecular weight excluding hydrogens is 604 g/mol. The molecule has 0 aliphatic carbocycles. The van der Waals surface area contributed by atoms with Crippen molar-refractivity contribution in [1.82, 2.24) is 15.1 Å². The van der Waals surface area contributed by atoms with Gasteiger partial charge in [-0.05, 0) is 49.4 Å². The number of fused-ring (bicyclic) bond motifs is 3. The number of anilines is 1. The summed E-state index contributed by atoms with van der Waals surface area (Å²) in [6, 6.07) is 4.59. The van der Waals surface area contributed by atoms with Crippen LogP contribution in [0.15, 0.2) is 42.5 Å². The molecule has 1 atom stereocenters. The standard InChI is InChI=1S/C26H15ClF8N4O3/c1-10-19-18(39(38-10)9-24(30,31)32)8-17(36-22(40)11-4-12(26(33,34)35)6-14(29)5-11)21-20(19)23(41)37-25(21,42)15-7-13(28)2-3-16(15)27/h2-8,42H,9H2,1H3,(H,36,40)(H,37,41). The molecular formula is C26H15ClF8N4O3. The van der Waals surface area contributed by atoms with Gasteiger partial charge >= 0.3 is 12.4 Å². The zero-order valence-corrected chi connectivity index (χ0v) is 21.6. The predicted octanol–water partition coefficient (Wildman–Crippen LogP) is 6.05. The van der Waals surface area contributed by atoms with Gasteiger partial charge in [0, 0.05) is 27.1 Å². The highest BCUT2D eigenvalue weighted by molar-refractivity contribution is 6.31. The molecule has 0 radical (unpaired) electrons. The summed E-state index contributed by atoms with van der Waals surface area (Å²) in [6.07, 6.45) is -9.83. The molecule has 4 aromatic rings. The number of alkyl halides is 6. The van der Waals surface area contributed by atoms with Crippen molar-refractivity contribution in [3.63, 3.8) is 0 Å². The molecule has 16 heteroatoms. The third-order valence-corrected chi connectivity index (χ3v) is 6.81. The van der Waals surface area contributed by atoms with E-state index < -0.39 is 81.6 Å². The first-order valence-electron chi connectivity index (χ1n) is 11.7. The van der Waals surface area contributed by atoms with E-state index >= 15 is 0 Å². The van der Waals surface area contributed by atoms with Crippen molar-refractivity contribution in [3.8, 4) is 0 Å². The van der Waals surface area contributed by atoms with Crippen LogP contribution in [-0.2, 0) is 18.4 Å². The minimum absolute atomic E-state index is 0.0898. The second kappa shape index (κ2) is 9.66. The molecule has 1 unspecified atom stereocenters. The number of hydrogen-bond donors (Lipinski definition) is 3. The number of hydrogen-bond acceptors (Lipinski definition) is 4. The maximum atomic E-state index is 14.2. The maximum Gasteiger partial charge on any atom is 0.416 e. The maximum absolute atomic E-state index is 14.2. The van der Waals surface area contributed by atoms with Crippen molar-refractivity contribution in [2.45, 2.75) is 31.5 Å². The Morgan fingerprint density at radius 3 is 2.40 bits per heavy atom. The number of aromatic nitrogens is 2. The highest BCUT2D eigenvalue weighted by atomic mass is 35.5. The first-order chi connectivity index (χ1) is 19.4. The first-order valence-corrected chi connectivity index (χ1v) is 12.1. The average Bonchev–Trinajstić information content (AvgIpc) is 3.31. The van der Waals surface area contributed by atoms with Gasteiger partial charge in [-0.3, -0.25) is 14.3 Å². The number of nitrogens with zero attached hydrogens (tertiary/aromatic N) is 2. The summed E-state index contributed by atoms with van der Waals surface area (Å²) in [5, 5.41) is 19.5. The van der Waals surface area contributed by atoms with Crippen LogP contribution in [0.4, 0.5) is 40.8 Å². The van der Waals surface area contributed by atoms with Crippen LogP contribution < -0.4 is 10.6 Å². The molecule has 0 saturated carbocycles. The van der Waals surface area contributed by atoms with Crippen LogP contribution in [0, 0.1) is 18.6 Å². The second-order valence-electron chi connectivity index (χ2n) is 9.40. The molecule has 1 aliphatic rings. The molecule has 42 heavy (non-hydrogen) atoms. The molecule has 2 heterocycles. The van der Waals surface area contributed by atoms with E-state index in [4.69, 9.17) is 11.6 Å². The number of aryl methyl sites for hydroxylation is 1. The van der Waals surface area contributed by atoms with Gasteiger partial charge in [-0.15, -0.1) is 0 Å². The van der Waals surface area contributed by atoms with Crippen LogP contribution in [0.5, 0.6) is 0 Å². The van der Waals surface area contributed by atoms with Crippen molar-refractivity contribution in [3.05, 3.63) is 92.6 Å². The zero-order valence-electron chi connectivity index (χ0n) is 20.8. The fraction of sp³-hybridized carbons (Fsp3) is 0.192. The zero-order chi connectivity index (χ0) is 30.9. The molecule has 0 spiro atoms. The summed E-state index contributed by atoms with van der Waals surface area (Å²) < 4.78 is 109. The Balaban J connectivity index is 1.78. The Hall–Kier alpha value is -4.24. The van der Waals surface area contributed by atoms with Gasteiger partial charge in [0.25, 0.3) is 11.8 Å². The van der Waals surface area contributed by atoms with Crippen LogP contribution in [0.2, 0.25) is 5.02 Å². The lowest BCUT2D eigenvalue weighted by Gasteiger charge is -2.27. The first kappa shape index (κ1) is 29.3. The van der Waals surface area contributed by atoms with Crippen molar-refractivity contribution < 1.29 is 49.8 Å². The van der Waals surface area contributed by atoms with Gasteiger partial charge in [-0.25, -0.2) is 8.78 Å². The van der Waals surface area contributed by atoms with Gasteiger partial charge < -0.3 is 15.7 Å². The number of halogens is 9. The molecule has 3 aromatic carbocycles. The lowest BCUT2D eigenvalue weighted by atomic mass is 9.90. The Bertz CT molecular complexity index is 1800. The van der Waals surface area contributed by atoms with Crippen LogP contribution in [0.3, 0.4) is 0 Å². The lowest BCUT2D eigenvalue weighted by molar-refractivity contribution is -0.142. The monoisotopic (exact) mass is 618 g/mol. The van der Waals surface area contributed by atoms with Gasteiger partial charge in [0.15, 0.2) is 5.72 Å². The van der Waals surface area contributed by atoms with Gasteiger partial charge in [-0.1, -0.05) is 11.6 Å². The number of carbonyl (C=O) groups is 2. The molecule has 0 bridgehead atoms. The molecule has 1 aromatic heterocycles. The highest BCUT2D eigenvalue weighted by Gasteiger charge is 2.48. The Kier molecular flexibility index (Phi) is 6.73. The molecule has 5 rings (SSSR count). The molecule has 2 amide bonds. The summed E-state index contributed by atoms with van der Waals surface area (Å²) in [5.41, 5.74) is -7.48. The third-order valence-electron chi connectivity index (χ3n) is 6.48. The minimum atomic E-state index is -5.04. The number of benzene rings is 3. The van der Waals surface area contributed by atoms with E-state index in [0.717, 1.165) is 24.3 Å². The van der Waals surface area contributed by atoms with E-state index in [1.54, 1.807) is 0 Å². The summed E-state index contributed by atoms with van der Waals surface area (Å²) in [7, 11) is 0. The smallest absolute Gasteiger partial charge is 0.363 e. The minimum Gasteiger partial charge on any atom is -0.363 e. The van der Waals surface area contributed by atoms with Crippen LogP contribution >= 0.6 is 11.6 Å². The van der Waals surface area contributed by atoms with Crippen LogP contribution in [0.1, 0.15) is 43.1 Å². The van der Waals surface area contributed by atoms with E-state index in [-0.39, 0.29) is 27.7 Å². The summed E-state index contributed by atoms with van der Waals surface area (Å²) in [6.45, 7) is -0.358. The van der Waals surface area contributed by atoms with Crippen molar-refractivity contribution in [1.29, 1.82) is 0 Å². The Morgan fingerprint density at radius 2 is 1.76 bits per heavy atom. The quantitative estimate of drug-likeness (QED) is 0.243. The van der Waals surface area contributed by atoms with Gasteiger partial charge in [-0.2, -0.15) is 31.4 Å². The van der Waals surface area contributed by atoms with E-state index in [9.17, 15) is 49.8 Å². The number of nitrogens with one attached hydrogen (secondary N) is 2. The van der Waals surface area contributed by atoms with Crippen molar-refractivity contribution in [2.24, 2.45) is 0 Å². The van der Waals surface area contributed by atoms with Crippen molar-refractivity contribution >= 4 is 40.0 Å². The third kappa shape index (κ3) is 5.02. The molecule has 1 aliphatic heterocycles. The predicted molar refractivity (Wildman–Crippen MR) is 132 cm³/mol. The molecule has 0 saturated heterocycles. The van der Waals surface area contributed by atoms with E-state index in [1.165, 1.54) is 6.92 Å². The summed E-state index contributed by atoms with van der Waals surface area (Å²) >= 11 is 6.18. The molecule has 0 fully saturated rings. The topological polar surface area (TPSA) is 96.2 Å². The molecule has 220 valence electrons. The largest absolute Gasteiger partial charge is 0.416 e. The summed E-state index contributed by atoms with van der Waals surface area (Å²) in [5.74, 6) is -4.79. The molecule has 3 N–H and O–H groups in total. The summed E-state index contributed by atoms with van der Waals surface area (Å²) in [4.78, 5) is 26.4. The normalized spacial score (nSPS) is 17.0.